The molecule has 48 valence electrons. The average molecular weight is 226 g/mol. The quantitative estimate of drug-likeness (QED) is 0.326. The minimum absolute atomic E-state index is 0.543. The van der Waals surface area contributed by atoms with Gasteiger partial charge in [0.2, 0.25) is 0 Å². The van der Waals surface area contributed by atoms with Crippen LogP contribution in [0.4, 0.5) is 0 Å². The van der Waals surface area contributed by atoms with Gasteiger partial charge in [0.15, 0.2) is 0 Å². The molecule has 0 aromatic heterocycles. The minimum atomic E-state index is 0.543. The zero-order valence-corrected chi connectivity index (χ0v) is 7.18. The first-order valence-corrected chi connectivity index (χ1v) is 3.85. The summed E-state index contributed by atoms with van der Waals surface area (Å²) in [6.07, 6.45) is 2.68. The van der Waals surface area contributed by atoms with Crippen molar-refractivity contribution >= 4 is 22.6 Å². The van der Waals surface area contributed by atoms with Gasteiger partial charge in [0, 0.05) is 17.0 Å². The van der Waals surface area contributed by atoms with E-state index < -0.39 is 0 Å². The summed E-state index contributed by atoms with van der Waals surface area (Å²) < 4.78 is 0.543. The van der Waals surface area contributed by atoms with Crippen LogP contribution in [0, 0.1) is 0 Å². The van der Waals surface area contributed by atoms with Gasteiger partial charge in [-0.2, -0.15) is 0 Å². The number of nitrogens with zero attached hydrogens (tertiary/aromatic N) is 1. The van der Waals surface area contributed by atoms with Crippen molar-refractivity contribution in [3.8, 4) is 0 Å². The zero-order valence-electron chi connectivity index (χ0n) is 5.02. The first-order valence-electron chi connectivity index (χ1n) is 2.77. The van der Waals surface area contributed by atoms with Crippen molar-refractivity contribution < 1.29 is 0 Å². The Kier molecular flexibility index (Phi) is 1.79. The molecule has 0 aromatic rings. The lowest BCUT2D eigenvalue weighted by atomic mass is 10.4. The van der Waals surface area contributed by atoms with E-state index in [0.29, 0.717) is 3.42 Å². The molecule has 2 N–H and O–H groups in total. The van der Waals surface area contributed by atoms with Crippen LogP contribution in [-0.4, -0.2) is 22.0 Å². The highest BCUT2D eigenvalue weighted by Crippen LogP contribution is 2.44. The van der Waals surface area contributed by atoms with Gasteiger partial charge in [-0.05, 0) is 12.8 Å². The van der Waals surface area contributed by atoms with E-state index in [2.05, 4.69) is 22.6 Å². The summed E-state index contributed by atoms with van der Waals surface area (Å²) in [4.78, 5) is 0. The molecular weight excluding hydrogens is 215 g/mol. The summed E-state index contributed by atoms with van der Waals surface area (Å²) >= 11 is 2.48. The molecule has 0 spiro atoms. The molecule has 1 aliphatic carbocycles. The van der Waals surface area contributed by atoms with Crippen molar-refractivity contribution in [1.29, 1.82) is 0 Å². The normalized spacial score (nSPS) is 24.0. The molecule has 1 saturated carbocycles. The van der Waals surface area contributed by atoms with Crippen LogP contribution in [0.5, 0.6) is 0 Å². The third-order valence-electron chi connectivity index (χ3n) is 1.33. The van der Waals surface area contributed by atoms with E-state index in [9.17, 15) is 0 Å². The number of nitrogens with two attached hydrogens (primary N) is 1. The zero-order chi connectivity index (χ0) is 6.20. The Bertz CT molecular complexity index is 88.4. The van der Waals surface area contributed by atoms with Crippen molar-refractivity contribution in [2.75, 3.05) is 13.6 Å². The summed E-state index contributed by atoms with van der Waals surface area (Å²) in [5.74, 6) is 5.45. The number of halogens is 1. The molecule has 0 radical (unpaired) electrons. The van der Waals surface area contributed by atoms with Crippen LogP contribution >= 0.6 is 22.6 Å². The van der Waals surface area contributed by atoms with E-state index in [0.717, 1.165) is 6.54 Å². The molecule has 0 aromatic carbocycles. The number of alkyl halides is 1. The molecule has 1 fully saturated rings. The summed E-state index contributed by atoms with van der Waals surface area (Å²) in [5, 5.41) is 1.76. The molecule has 0 amide bonds. The molecule has 1 aliphatic rings. The maximum Gasteiger partial charge on any atom is 0.0364 e. The molecule has 8 heavy (non-hydrogen) atoms. The summed E-state index contributed by atoms with van der Waals surface area (Å²) in [6.45, 7) is 1.04. The van der Waals surface area contributed by atoms with Gasteiger partial charge >= 0.3 is 0 Å². The second-order valence-electron chi connectivity index (χ2n) is 2.57. The van der Waals surface area contributed by atoms with Crippen molar-refractivity contribution in [3.63, 3.8) is 0 Å². The fraction of sp³-hybridized carbons (Fsp3) is 1.00. The second-order valence-corrected chi connectivity index (χ2v) is 4.85. The average Bonchev–Trinajstić information content (AvgIpc) is 2.17. The molecule has 3 heteroatoms. The topological polar surface area (TPSA) is 29.3 Å². The van der Waals surface area contributed by atoms with Gasteiger partial charge in [0.05, 0.1) is 0 Å². The molecule has 0 saturated heterocycles. The van der Waals surface area contributed by atoms with Gasteiger partial charge < -0.3 is 0 Å². The lowest BCUT2D eigenvalue weighted by Crippen LogP contribution is -2.32. The molecular formula is C5H11IN2. The predicted octanol–water partition coefficient (Wildman–Crippen LogP) is 0.760. The largest absolute Gasteiger partial charge is 0.269 e. The third-order valence-corrected chi connectivity index (χ3v) is 2.75. The van der Waals surface area contributed by atoms with E-state index in [1.807, 2.05) is 7.05 Å². The van der Waals surface area contributed by atoms with Gasteiger partial charge in [-0.1, -0.05) is 22.6 Å². The second kappa shape index (κ2) is 2.11. The summed E-state index contributed by atoms with van der Waals surface area (Å²) in [5.41, 5.74) is 0. The Hall–Kier alpha value is 0.650. The Morgan fingerprint density at radius 3 is 2.38 bits per heavy atom. The standard InChI is InChI=1S/C5H11IN2/c1-8(7)4-5(6)2-3-5/h2-4,7H2,1H3. The SMILES string of the molecule is CN(N)CC1(I)CC1. The number of hydrogen-bond donors (Lipinski definition) is 1. The fourth-order valence-electron chi connectivity index (χ4n) is 0.741. The number of hydrazine groups is 1. The van der Waals surface area contributed by atoms with Crippen molar-refractivity contribution in [3.05, 3.63) is 0 Å². The first-order chi connectivity index (χ1) is 3.62. The van der Waals surface area contributed by atoms with Crippen LogP contribution in [0.25, 0.3) is 0 Å². The Labute approximate surface area is 63.5 Å². The monoisotopic (exact) mass is 226 g/mol. The smallest absolute Gasteiger partial charge is 0.0364 e. The van der Waals surface area contributed by atoms with Gasteiger partial charge in [-0.25, -0.2) is 5.01 Å². The van der Waals surface area contributed by atoms with Crippen LogP contribution < -0.4 is 5.84 Å². The van der Waals surface area contributed by atoms with E-state index >= 15 is 0 Å². The Morgan fingerprint density at radius 1 is 1.75 bits per heavy atom. The molecule has 2 nitrogen and oxygen atoms in total. The van der Waals surface area contributed by atoms with Gasteiger partial charge in [-0.15, -0.1) is 0 Å². The van der Waals surface area contributed by atoms with E-state index in [1.54, 1.807) is 5.01 Å². The molecule has 0 unspecified atom stereocenters. The minimum Gasteiger partial charge on any atom is -0.269 e. The lowest BCUT2D eigenvalue weighted by molar-refractivity contribution is 0.349. The fourth-order valence-corrected chi connectivity index (χ4v) is 1.55. The van der Waals surface area contributed by atoms with Crippen LogP contribution in [0.3, 0.4) is 0 Å². The molecule has 0 atom stereocenters. The van der Waals surface area contributed by atoms with Crippen molar-refractivity contribution in [2.45, 2.75) is 16.3 Å². The maximum absolute atomic E-state index is 5.45. The molecule has 0 bridgehead atoms. The maximum atomic E-state index is 5.45. The highest BCUT2D eigenvalue weighted by Gasteiger charge is 2.39. The van der Waals surface area contributed by atoms with Crippen LogP contribution in [0.15, 0.2) is 0 Å². The van der Waals surface area contributed by atoms with Gasteiger partial charge in [-0.3, -0.25) is 5.84 Å². The molecule has 0 heterocycles. The molecule has 0 aliphatic heterocycles. The van der Waals surface area contributed by atoms with Crippen LogP contribution in [0.2, 0.25) is 0 Å². The van der Waals surface area contributed by atoms with E-state index in [1.165, 1.54) is 12.8 Å². The third kappa shape index (κ3) is 1.87. The molecule has 1 rings (SSSR count). The Morgan fingerprint density at radius 2 is 2.25 bits per heavy atom. The van der Waals surface area contributed by atoms with Crippen molar-refractivity contribution in [1.82, 2.24) is 5.01 Å². The number of hydrogen-bond acceptors (Lipinski definition) is 2. The highest BCUT2D eigenvalue weighted by molar-refractivity contribution is 14.1. The highest BCUT2D eigenvalue weighted by atomic mass is 127. The van der Waals surface area contributed by atoms with Gasteiger partial charge in [0.25, 0.3) is 0 Å². The lowest BCUT2D eigenvalue weighted by Gasteiger charge is -2.12. The predicted molar refractivity (Wildman–Crippen MR) is 42.8 cm³/mol. The summed E-state index contributed by atoms with van der Waals surface area (Å²) in [7, 11) is 1.92. The Balaban J connectivity index is 2.19. The summed E-state index contributed by atoms with van der Waals surface area (Å²) in [6, 6.07) is 0. The van der Waals surface area contributed by atoms with E-state index in [4.69, 9.17) is 5.84 Å². The van der Waals surface area contributed by atoms with Crippen molar-refractivity contribution in [2.24, 2.45) is 5.84 Å². The first kappa shape index (κ1) is 6.77. The van der Waals surface area contributed by atoms with Gasteiger partial charge in [0.1, 0.15) is 0 Å². The van der Waals surface area contributed by atoms with E-state index in [-0.39, 0.29) is 0 Å². The van der Waals surface area contributed by atoms with Crippen LogP contribution in [0.1, 0.15) is 12.8 Å². The van der Waals surface area contributed by atoms with Crippen LogP contribution in [-0.2, 0) is 0 Å². The number of rotatable bonds is 2.